The van der Waals surface area contributed by atoms with Crippen LogP contribution in [0.2, 0.25) is 0 Å². The summed E-state index contributed by atoms with van der Waals surface area (Å²) in [5, 5.41) is 4.23. The van der Waals surface area contributed by atoms with Gasteiger partial charge in [-0.3, -0.25) is 4.98 Å². The molecule has 2 aromatic heterocycles. The van der Waals surface area contributed by atoms with Crippen LogP contribution in [0.4, 0.5) is 11.5 Å². The molecule has 3 heterocycles. The van der Waals surface area contributed by atoms with E-state index in [0.717, 1.165) is 54.0 Å². The molecule has 1 saturated heterocycles. The molecular formula is C27H29N5O3. The zero-order chi connectivity index (χ0) is 24.0. The van der Waals surface area contributed by atoms with Gasteiger partial charge in [0.2, 0.25) is 0 Å². The van der Waals surface area contributed by atoms with Crippen LogP contribution in [0.25, 0.3) is 10.9 Å². The second kappa shape index (κ2) is 10.6. The Morgan fingerprint density at radius 3 is 2.43 bits per heavy atom. The molecule has 4 aromatic rings. The van der Waals surface area contributed by atoms with Gasteiger partial charge in [-0.2, -0.15) is 0 Å². The highest BCUT2D eigenvalue weighted by atomic mass is 16.5. The van der Waals surface area contributed by atoms with E-state index in [2.05, 4.69) is 32.2 Å². The minimum Gasteiger partial charge on any atom is -0.493 e. The number of benzene rings is 2. The quantitative estimate of drug-likeness (QED) is 0.371. The number of aromatic nitrogens is 3. The van der Waals surface area contributed by atoms with Crippen LogP contribution in [0.3, 0.4) is 0 Å². The van der Waals surface area contributed by atoms with Gasteiger partial charge in [0.05, 0.1) is 19.2 Å². The highest BCUT2D eigenvalue weighted by molar-refractivity contribution is 5.93. The molecular weight excluding hydrogens is 442 g/mol. The SMILES string of the molecule is COc1cc2c(Nc3ccc(Oc4ccncc4)cc3)ncnc2cc1OCC1CCN(C)CC1. The van der Waals surface area contributed by atoms with E-state index in [1.54, 1.807) is 25.8 Å². The van der Waals surface area contributed by atoms with Gasteiger partial charge in [0.1, 0.15) is 23.6 Å². The van der Waals surface area contributed by atoms with E-state index in [1.807, 2.05) is 48.5 Å². The lowest BCUT2D eigenvalue weighted by molar-refractivity contribution is 0.157. The second-order valence-corrected chi connectivity index (χ2v) is 8.73. The van der Waals surface area contributed by atoms with Crippen LogP contribution in [0, 0.1) is 5.92 Å². The van der Waals surface area contributed by atoms with Gasteiger partial charge in [0, 0.05) is 29.5 Å². The molecule has 0 saturated carbocycles. The van der Waals surface area contributed by atoms with Crippen molar-refractivity contribution in [2.75, 3.05) is 39.2 Å². The first-order valence-corrected chi connectivity index (χ1v) is 11.8. The Labute approximate surface area is 204 Å². The number of rotatable bonds is 8. The predicted molar refractivity (Wildman–Crippen MR) is 136 cm³/mol. The third-order valence-electron chi connectivity index (χ3n) is 6.24. The number of anilines is 2. The molecule has 0 atom stereocenters. The molecule has 1 N–H and O–H groups in total. The number of likely N-dealkylation sites (tertiary alicyclic amines) is 1. The van der Waals surface area contributed by atoms with Crippen LogP contribution < -0.4 is 19.5 Å². The molecule has 0 bridgehead atoms. The first-order chi connectivity index (χ1) is 17.2. The molecule has 8 nitrogen and oxygen atoms in total. The zero-order valence-corrected chi connectivity index (χ0v) is 20.0. The number of pyridine rings is 1. The molecule has 0 amide bonds. The van der Waals surface area contributed by atoms with Crippen molar-refractivity contribution >= 4 is 22.4 Å². The number of fused-ring (bicyclic) bond motifs is 1. The van der Waals surface area contributed by atoms with Crippen LogP contribution in [0.15, 0.2) is 67.3 Å². The van der Waals surface area contributed by atoms with Crippen molar-refractivity contribution in [3.05, 3.63) is 67.3 Å². The molecule has 2 aromatic carbocycles. The van der Waals surface area contributed by atoms with E-state index in [9.17, 15) is 0 Å². The zero-order valence-electron chi connectivity index (χ0n) is 20.0. The van der Waals surface area contributed by atoms with E-state index in [0.29, 0.717) is 29.8 Å². The maximum atomic E-state index is 6.19. The normalized spacial score (nSPS) is 14.6. The number of hydrogen-bond acceptors (Lipinski definition) is 8. The fourth-order valence-corrected chi connectivity index (χ4v) is 4.16. The molecule has 8 heteroatoms. The van der Waals surface area contributed by atoms with Crippen molar-refractivity contribution in [3.8, 4) is 23.0 Å². The first-order valence-electron chi connectivity index (χ1n) is 11.8. The van der Waals surface area contributed by atoms with Gasteiger partial charge in [-0.05, 0) is 81.4 Å². The van der Waals surface area contributed by atoms with Crippen LogP contribution in [-0.2, 0) is 0 Å². The van der Waals surface area contributed by atoms with E-state index < -0.39 is 0 Å². The van der Waals surface area contributed by atoms with Gasteiger partial charge in [-0.1, -0.05) is 0 Å². The Bertz CT molecular complexity index is 1260. The van der Waals surface area contributed by atoms with Gasteiger partial charge in [-0.15, -0.1) is 0 Å². The molecule has 1 fully saturated rings. The van der Waals surface area contributed by atoms with Crippen molar-refractivity contribution in [1.82, 2.24) is 19.9 Å². The molecule has 35 heavy (non-hydrogen) atoms. The fraction of sp³-hybridized carbons (Fsp3) is 0.296. The third-order valence-corrected chi connectivity index (χ3v) is 6.24. The third kappa shape index (κ3) is 5.60. The Balaban J connectivity index is 1.31. The number of ether oxygens (including phenoxy) is 3. The fourth-order valence-electron chi connectivity index (χ4n) is 4.16. The first kappa shape index (κ1) is 22.9. The Hall–Kier alpha value is -3.91. The molecule has 1 aliphatic heterocycles. The van der Waals surface area contributed by atoms with E-state index in [-0.39, 0.29) is 0 Å². The maximum Gasteiger partial charge on any atom is 0.163 e. The molecule has 180 valence electrons. The van der Waals surface area contributed by atoms with Crippen molar-refractivity contribution in [1.29, 1.82) is 0 Å². The van der Waals surface area contributed by atoms with E-state index >= 15 is 0 Å². The average Bonchev–Trinajstić information content (AvgIpc) is 2.90. The lowest BCUT2D eigenvalue weighted by Gasteiger charge is -2.28. The number of methoxy groups -OCH3 is 1. The summed E-state index contributed by atoms with van der Waals surface area (Å²) in [5.74, 6) is 4.11. The summed E-state index contributed by atoms with van der Waals surface area (Å²) < 4.78 is 17.7. The monoisotopic (exact) mass is 471 g/mol. The lowest BCUT2D eigenvalue weighted by Crippen LogP contribution is -2.32. The van der Waals surface area contributed by atoms with Gasteiger partial charge in [0.25, 0.3) is 0 Å². The minimum absolute atomic E-state index is 0.555. The molecule has 1 aliphatic rings. The largest absolute Gasteiger partial charge is 0.493 e. The van der Waals surface area contributed by atoms with Crippen molar-refractivity contribution in [2.24, 2.45) is 5.92 Å². The van der Waals surface area contributed by atoms with Crippen LogP contribution >= 0.6 is 0 Å². The Kier molecular flexibility index (Phi) is 6.90. The molecule has 0 spiro atoms. The standard InChI is InChI=1S/C27H29N5O3/c1-32-13-9-19(10-14-32)17-34-26-16-24-23(15-25(26)33-2)27(30-18-29-24)31-20-3-5-21(6-4-20)35-22-7-11-28-12-8-22/h3-8,11-12,15-16,18-19H,9-10,13-14,17H2,1-2H3,(H,29,30,31). The van der Waals surface area contributed by atoms with Crippen LogP contribution in [-0.4, -0.2) is 53.7 Å². The van der Waals surface area contributed by atoms with E-state index in [4.69, 9.17) is 14.2 Å². The van der Waals surface area contributed by atoms with E-state index in [1.165, 1.54) is 0 Å². The summed E-state index contributed by atoms with van der Waals surface area (Å²) in [6.45, 7) is 2.91. The second-order valence-electron chi connectivity index (χ2n) is 8.73. The maximum absolute atomic E-state index is 6.19. The number of piperidine rings is 1. The summed E-state index contributed by atoms with van der Waals surface area (Å²) in [6.07, 6.45) is 7.25. The van der Waals surface area contributed by atoms with Crippen molar-refractivity contribution in [3.63, 3.8) is 0 Å². The Morgan fingerprint density at radius 1 is 0.943 bits per heavy atom. The lowest BCUT2D eigenvalue weighted by atomic mass is 9.98. The number of hydrogen-bond donors (Lipinski definition) is 1. The van der Waals surface area contributed by atoms with Gasteiger partial charge in [-0.25, -0.2) is 9.97 Å². The highest BCUT2D eigenvalue weighted by Gasteiger charge is 2.19. The summed E-state index contributed by atoms with van der Waals surface area (Å²) in [7, 11) is 3.82. The Morgan fingerprint density at radius 2 is 1.69 bits per heavy atom. The smallest absolute Gasteiger partial charge is 0.163 e. The van der Waals surface area contributed by atoms with Crippen LogP contribution in [0.5, 0.6) is 23.0 Å². The summed E-state index contributed by atoms with van der Waals surface area (Å²) >= 11 is 0. The topological polar surface area (TPSA) is 81.6 Å². The summed E-state index contributed by atoms with van der Waals surface area (Å²) in [4.78, 5) is 15.3. The number of nitrogens with zero attached hydrogens (tertiary/aromatic N) is 4. The molecule has 5 rings (SSSR count). The van der Waals surface area contributed by atoms with Crippen molar-refractivity contribution < 1.29 is 14.2 Å². The van der Waals surface area contributed by atoms with Gasteiger partial charge >= 0.3 is 0 Å². The summed E-state index contributed by atoms with van der Waals surface area (Å²) in [6, 6.07) is 15.2. The average molecular weight is 472 g/mol. The van der Waals surface area contributed by atoms with Gasteiger partial charge in [0.15, 0.2) is 11.5 Å². The molecule has 0 radical (unpaired) electrons. The molecule has 0 unspecified atom stereocenters. The highest BCUT2D eigenvalue weighted by Crippen LogP contribution is 2.35. The molecule has 0 aliphatic carbocycles. The number of nitrogens with one attached hydrogen (secondary N) is 1. The van der Waals surface area contributed by atoms with Gasteiger partial charge < -0.3 is 24.4 Å². The summed E-state index contributed by atoms with van der Waals surface area (Å²) in [5.41, 5.74) is 1.67. The van der Waals surface area contributed by atoms with Crippen molar-refractivity contribution in [2.45, 2.75) is 12.8 Å². The predicted octanol–water partition coefficient (Wildman–Crippen LogP) is 5.29. The van der Waals surface area contributed by atoms with Crippen LogP contribution in [0.1, 0.15) is 12.8 Å². The minimum atomic E-state index is 0.555.